The number of furan rings is 1. The number of allylic oxidation sites excluding steroid dienone is 2. The Labute approximate surface area is 211 Å². The van der Waals surface area contributed by atoms with E-state index >= 15 is 0 Å². The van der Waals surface area contributed by atoms with E-state index in [-0.39, 0.29) is 37.1 Å². The molecular formula is C29H24IrNO3-. The maximum absolute atomic E-state index is 10.0. The number of aliphatic hydroxyl groups excluding tert-OH is 1. The van der Waals surface area contributed by atoms with Crippen LogP contribution in [-0.4, -0.2) is 15.9 Å². The number of ketones is 1. The van der Waals surface area contributed by atoms with Crippen LogP contribution in [0.3, 0.4) is 0 Å². The van der Waals surface area contributed by atoms with Crippen LogP contribution in [0.4, 0.5) is 0 Å². The Bertz CT molecular complexity index is 1590. The zero-order valence-electron chi connectivity index (χ0n) is 19.4. The smallest absolute Gasteiger partial charge is 0.155 e. The second kappa shape index (κ2) is 8.83. The van der Waals surface area contributed by atoms with Gasteiger partial charge in [0.15, 0.2) is 5.78 Å². The van der Waals surface area contributed by atoms with Crippen molar-refractivity contribution in [2.24, 2.45) is 0 Å². The van der Waals surface area contributed by atoms with Gasteiger partial charge in [-0.25, -0.2) is 0 Å². The maximum atomic E-state index is 10.0. The molecule has 6 rings (SSSR count). The number of hydrogen-bond acceptors (Lipinski definition) is 4. The molecule has 2 aromatic heterocycles. The van der Waals surface area contributed by atoms with Gasteiger partial charge in [-0.3, -0.25) is 4.79 Å². The Balaban J connectivity index is 0.000000303. The monoisotopic (exact) mass is 627 g/mol. The molecular weight excluding hydrogens is 603 g/mol. The normalized spacial score (nSPS) is 13.7. The van der Waals surface area contributed by atoms with Crippen molar-refractivity contribution >= 4 is 38.5 Å². The van der Waals surface area contributed by atoms with Gasteiger partial charge in [-0.2, -0.15) is 0 Å². The number of benzene rings is 3. The Morgan fingerprint density at radius 3 is 2.47 bits per heavy atom. The molecule has 1 radical (unpaired) electrons. The summed E-state index contributed by atoms with van der Waals surface area (Å²) in [6, 6.07) is 22.3. The Hall–Kier alpha value is -3.27. The molecule has 3 aromatic carbocycles. The summed E-state index contributed by atoms with van der Waals surface area (Å²) in [6.45, 7) is 7.43. The molecule has 5 heteroatoms. The summed E-state index contributed by atoms with van der Waals surface area (Å²) in [5, 5.41) is 13.1. The van der Waals surface area contributed by atoms with E-state index in [4.69, 9.17) is 14.5 Å². The number of carbonyl (C=O) groups is 1. The third kappa shape index (κ3) is 3.75. The van der Waals surface area contributed by atoms with Gasteiger partial charge in [0, 0.05) is 37.8 Å². The summed E-state index contributed by atoms with van der Waals surface area (Å²) in [5.74, 6) is -0.0625. The van der Waals surface area contributed by atoms with E-state index in [1.807, 2.05) is 18.3 Å². The van der Waals surface area contributed by atoms with Crippen molar-refractivity contribution in [2.45, 2.75) is 33.1 Å². The van der Waals surface area contributed by atoms with E-state index in [0.717, 1.165) is 27.8 Å². The first kappa shape index (κ1) is 23.9. The fraction of sp³-hybridized carbons (Fsp3) is 0.172. The average molecular weight is 627 g/mol. The third-order valence-electron chi connectivity index (χ3n) is 6.20. The van der Waals surface area contributed by atoms with Gasteiger partial charge in [0.1, 0.15) is 5.58 Å². The minimum absolute atomic E-state index is 0. The van der Waals surface area contributed by atoms with Gasteiger partial charge in [0.25, 0.3) is 0 Å². The molecule has 1 N–H and O–H groups in total. The van der Waals surface area contributed by atoms with Crippen LogP contribution in [0.25, 0.3) is 44.0 Å². The van der Waals surface area contributed by atoms with Crippen molar-refractivity contribution < 1.29 is 34.4 Å². The van der Waals surface area contributed by atoms with Crippen LogP contribution in [0.1, 0.15) is 38.8 Å². The minimum atomic E-state index is -0.202. The summed E-state index contributed by atoms with van der Waals surface area (Å²) in [4.78, 5) is 14.9. The van der Waals surface area contributed by atoms with Crippen LogP contribution < -0.4 is 0 Å². The summed E-state index contributed by atoms with van der Waals surface area (Å²) >= 11 is 0. The second-order valence-corrected chi connectivity index (χ2v) is 8.96. The van der Waals surface area contributed by atoms with Crippen molar-refractivity contribution in [3.8, 4) is 11.3 Å². The fourth-order valence-electron chi connectivity index (χ4n) is 4.93. The molecule has 5 aromatic rings. The molecule has 173 valence electrons. The van der Waals surface area contributed by atoms with Gasteiger partial charge in [-0.1, -0.05) is 61.7 Å². The van der Waals surface area contributed by atoms with Gasteiger partial charge in [-0.15, -0.1) is 17.7 Å². The molecule has 0 aliphatic heterocycles. The molecule has 0 saturated heterocycles. The molecule has 1 aliphatic rings. The van der Waals surface area contributed by atoms with Gasteiger partial charge in [-0.05, 0) is 52.9 Å². The van der Waals surface area contributed by atoms with E-state index in [0.29, 0.717) is 0 Å². The van der Waals surface area contributed by atoms with Gasteiger partial charge in [0.2, 0.25) is 0 Å². The molecule has 34 heavy (non-hydrogen) atoms. The molecule has 0 bridgehead atoms. The fourth-order valence-corrected chi connectivity index (χ4v) is 4.93. The Morgan fingerprint density at radius 1 is 1.03 bits per heavy atom. The number of fused-ring (bicyclic) bond motifs is 4. The molecule has 0 spiro atoms. The Morgan fingerprint density at radius 2 is 1.76 bits per heavy atom. The number of carbonyl (C=O) groups excluding carboxylic acids is 1. The summed E-state index contributed by atoms with van der Waals surface area (Å²) < 4.78 is 6.16. The second-order valence-electron chi connectivity index (χ2n) is 8.96. The predicted molar refractivity (Wildman–Crippen MR) is 132 cm³/mol. The summed E-state index contributed by atoms with van der Waals surface area (Å²) in [7, 11) is 0. The predicted octanol–water partition coefficient (Wildman–Crippen LogP) is 7.28. The molecule has 0 amide bonds. The number of aromatic nitrogens is 1. The van der Waals surface area contributed by atoms with Crippen molar-refractivity contribution in [1.82, 2.24) is 4.98 Å². The van der Waals surface area contributed by atoms with Crippen molar-refractivity contribution in [3.05, 3.63) is 89.8 Å². The number of rotatable bonds is 1. The van der Waals surface area contributed by atoms with Crippen LogP contribution >= 0.6 is 0 Å². The van der Waals surface area contributed by atoms with Crippen LogP contribution in [0, 0.1) is 6.07 Å². The standard InChI is InChI=1S/C24H16NO.C5H8O2.Ir/c1-24(2)17-10-6-12-19-21(17)20-16(9-5-11-18(20)26-19)23-22(24)15-8-4-3-7-14(15)13-25-23;1-4(6)3-5(2)7;/h3-8,10-13H,1-2H3;3,6H,1-2H3;/q-1;;/b;4-3-;. The van der Waals surface area contributed by atoms with E-state index in [1.165, 1.54) is 47.2 Å². The number of hydrogen-bond donors (Lipinski definition) is 1. The van der Waals surface area contributed by atoms with Crippen molar-refractivity contribution in [1.29, 1.82) is 0 Å². The van der Waals surface area contributed by atoms with Crippen LogP contribution in [0.5, 0.6) is 0 Å². The molecule has 0 atom stereocenters. The van der Waals surface area contributed by atoms with E-state index in [1.54, 1.807) is 0 Å². The molecule has 0 fully saturated rings. The topological polar surface area (TPSA) is 63.3 Å². The SMILES string of the molecule is CC(=O)/C=C(/C)O.CC1(C)c2c(ncc3ccccc23)-c2[c-]ccc3oc4cccc1c4c23.[Ir]. The Kier molecular flexibility index (Phi) is 6.20. The van der Waals surface area contributed by atoms with E-state index in [2.05, 4.69) is 62.4 Å². The van der Waals surface area contributed by atoms with Crippen molar-refractivity contribution in [2.75, 3.05) is 0 Å². The first-order valence-corrected chi connectivity index (χ1v) is 10.9. The molecule has 4 nitrogen and oxygen atoms in total. The van der Waals surface area contributed by atoms with Gasteiger partial charge in [0.05, 0.1) is 11.3 Å². The number of aliphatic hydroxyl groups is 1. The number of nitrogens with zero attached hydrogens (tertiary/aromatic N) is 1. The summed E-state index contributed by atoms with van der Waals surface area (Å²) in [6.07, 6.45) is 3.14. The maximum Gasteiger partial charge on any atom is 0.155 e. The zero-order valence-corrected chi connectivity index (χ0v) is 21.8. The van der Waals surface area contributed by atoms with Crippen LogP contribution in [-0.2, 0) is 30.3 Å². The summed E-state index contributed by atoms with van der Waals surface area (Å²) in [5.41, 5.74) is 6.24. The van der Waals surface area contributed by atoms with Crippen LogP contribution in [0.2, 0.25) is 0 Å². The van der Waals surface area contributed by atoms with Crippen molar-refractivity contribution in [3.63, 3.8) is 0 Å². The molecule has 0 unspecified atom stereocenters. The van der Waals surface area contributed by atoms with Gasteiger partial charge >= 0.3 is 0 Å². The largest absolute Gasteiger partial charge is 0.512 e. The molecule has 0 saturated carbocycles. The third-order valence-corrected chi connectivity index (χ3v) is 6.20. The zero-order chi connectivity index (χ0) is 23.3. The van der Waals surface area contributed by atoms with Gasteiger partial charge < -0.3 is 14.5 Å². The molecule has 1 aliphatic carbocycles. The number of pyridine rings is 1. The molecule has 2 heterocycles. The first-order chi connectivity index (χ1) is 15.8. The minimum Gasteiger partial charge on any atom is -0.512 e. The quantitative estimate of drug-likeness (QED) is 0.121. The average Bonchev–Trinajstić information content (AvgIpc) is 3.12. The van der Waals surface area contributed by atoms with E-state index < -0.39 is 0 Å². The van der Waals surface area contributed by atoms with E-state index in [9.17, 15) is 4.79 Å². The van der Waals surface area contributed by atoms with Crippen LogP contribution in [0.15, 0.2) is 77.0 Å². The first-order valence-electron chi connectivity index (χ1n) is 10.9.